The molecule has 8 nitrogen and oxygen atoms in total. The molecule has 39 heavy (non-hydrogen) atoms. The normalized spacial score (nSPS) is 19.5. The third-order valence-electron chi connectivity index (χ3n) is 6.88. The maximum atomic E-state index is 13.7. The predicted molar refractivity (Wildman–Crippen MR) is 144 cm³/mol. The van der Waals surface area contributed by atoms with E-state index in [0.717, 1.165) is 0 Å². The maximum Gasteiger partial charge on any atom is 0.253 e. The number of nitrogens with zero attached hydrogens (tertiary/aromatic N) is 3. The number of hydrogen-bond donors (Lipinski definition) is 1. The molecule has 4 rings (SSSR count). The number of nitriles is 1. The average molecular weight is 552 g/mol. The maximum absolute atomic E-state index is 13.7. The van der Waals surface area contributed by atoms with Crippen LogP contribution in [0.2, 0.25) is 0 Å². The predicted octanol–water partition coefficient (Wildman–Crippen LogP) is 3.91. The lowest BCUT2D eigenvalue weighted by atomic mass is 10.0. The van der Waals surface area contributed by atoms with Gasteiger partial charge in [0.2, 0.25) is 10.0 Å². The van der Waals surface area contributed by atoms with Crippen molar-refractivity contribution in [3.63, 3.8) is 0 Å². The van der Waals surface area contributed by atoms with Crippen LogP contribution >= 0.6 is 0 Å². The zero-order valence-electron chi connectivity index (χ0n) is 21.9. The van der Waals surface area contributed by atoms with Crippen LogP contribution in [0.25, 0.3) is 11.1 Å². The molecule has 1 aliphatic heterocycles. The number of carbonyl (C=O) groups excluding carboxylic acids is 1. The molecule has 0 aliphatic carbocycles. The van der Waals surface area contributed by atoms with E-state index in [2.05, 4.69) is 6.07 Å². The van der Waals surface area contributed by atoms with E-state index in [0.29, 0.717) is 22.3 Å². The summed E-state index contributed by atoms with van der Waals surface area (Å²) in [6.45, 7) is 3.30. The molecule has 0 saturated heterocycles. The highest BCUT2D eigenvalue weighted by molar-refractivity contribution is 7.89. The van der Waals surface area contributed by atoms with Gasteiger partial charge < -0.3 is 14.7 Å². The van der Waals surface area contributed by atoms with Crippen LogP contribution in [0.15, 0.2) is 71.6 Å². The van der Waals surface area contributed by atoms with Crippen LogP contribution in [0.1, 0.15) is 29.8 Å². The molecular formula is C29H30FN3O5S. The molecule has 3 atom stereocenters. The smallest absolute Gasteiger partial charge is 0.253 e. The molecule has 10 heteroatoms. The van der Waals surface area contributed by atoms with Crippen LogP contribution in [0.3, 0.4) is 0 Å². The lowest BCUT2D eigenvalue weighted by Gasteiger charge is -2.37. The van der Waals surface area contributed by atoms with Crippen molar-refractivity contribution in [1.29, 1.82) is 5.26 Å². The minimum absolute atomic E-state index is 0.0487. The molecule has 0 bridgehead atoms. The van der Waals surface area contributed by atoms with Crippen molar-refractivity contribution in [2.75, 3.05) is 26.7 Å². The summed E-state index contributed by atoms with van der Waals surface area (Å²) in [5.41, 5.74) is 2.15. The Morgan fingerprint density at radius 3 is 2.54 bits per heavy atom. The van der Waals surface area contributed by atoms with E-state index in [1.807, 2.05) is 13.0 Å². The Labute approximate surface area is 227 Å². The first kappa shape index (κ1) is 28.2. The topological polar surface area (TPSA) is 111 Å². The Morgan fingerprint density at radius 2 is 1.87 bits per heavy atom. The summed E-state index contributed by atoms with van der Waals surface area (Å²) in [6, 6.07) is 18.4. The number of rotatable bonds is 6. The van der Waals surface area contributed by atoms with Crippen LogP contribution in [0.4, 0.5) is 4.39 Å². The molecule has 0 aromatic heterocycles. The molecule has 1 N–H and O–H groups in total. The van der Waals surface area contributed by atoms with Gasteiger partial charge in [0.05, 0.1) is 24.8 Å². The second kappa shape index (κ2) is 11.5. The number of sulfonamides is 1. The molecule has 3 aromatic rings. The molecule has 0 spiro atoms. The van der Waals surface area contributed by atoms with E-state index in [1.165, 1.54) is 39.5 Å². The number of benzene rings is 3. The summed E-state index contributed by atoms with van der Waals surface area (Å²) in [7, 11) is -2.43. The Hall–Kier alpha value is -3.78. The Bertz CT molecular complexity index is 1500. The lowest BCUT2D eigenvalue weighted by molar-refractivity contribution is 0.0564. The number of ether oxygens (including phenoxy) is 1. The molecule has 0 fully saturated rings. The second-order valence-corrected chi connectivity index (χ2v) is 11.6. The quantitative estimate of drug-likeness (QED) is 0.498. The average Bonchev–Trinajstić information content (AvgIpc) is 2.94. The Balaban J connectivity index is 1.75. The molecule has 0 radical (unpaired) electrons. The van der Waals surface area contributed by atoms with Gasteiger partial charge in [-0.3, -0.25) is 4.79 Å². The minimum Gasteiger partial charge on any atom is -0.487 e. The molecule has 0 unspecified atom stereocenters. The van der Waals surface area contributed by atoms with Crippen molar-refractivity contribution in [3.8, 4) is 22.9 Å². The van der Waals surface area contributed by atoms with Gasteiger partial charge in [0.15, 0.2) is 0 Å². The lowest BCUT2D eigenvalue weighted by Crippen LogP contribution is -2.50. The summed E-state index contributed by atoms with van der Waals surface area (Å²) >= 11 is 0. The van der Waals surface area contributed by atoms with Gasteiger partial charge in [0, 0.05) is 31.1 Å². The molecular weight excluding hydrogens is 521 g/mol. The van der Waals surface area contributed by atoms with Crippen LogP contribution < -0.4 is 4.74 Å². The van der Waals surface area contributed by atoms with Crippen LogP contribution in [-0.4, -0.2) is 67.5 Å². The summed E-state index contributed by atoms with van der Waals surface area (Å²) in [5.74, 6) is -1.03. The van der Waals surface area contributed by atoms with Crippen LogP contribution in [0.5, 0.6) is 5.75 Å². The van der Waals surface area contributed by atoms with Crippen molar-refractivity contribution >= 4 is 15.9 Å². The number of likely N-dealkylation sites (N-methyl/N-ethyl adjacent to an activating group) is 1. The molecule has 0 saturated carbocycles. The van der Waals surface area contributed by atoms with Crippen molar-refractivity contribution in [3.05, 3.63) is 83.7 Å². The zero-order chi connectivity index (χ0) is 28.3. The van der Waals surface area contributed by atoms with Crippen LogP contribution in [-0.2, 0) is 10.0 Å². The zero-order valence-corrected chi connectivity index (χ0v) is 22.7. The standard InChI is InChI=1S/C29H30FN3O5S/c1-19-16-33(20(2)18-34)39(36,37)28-12-9-24(23-6-4-5-21(13-23)15-31)14-26(28)38-27(19)17-32(3)29(35)22-7-10-25(30)11-8-22/h4-14,19-20,27,34H,16-18H2,1-3H3/t19-,20+,27-/m0/s1. The number of amides is 1. The van der Waals surface area contributed by atoms with Crippen LogP contribution in [0, 0.1) is 23.1 Å². The first-order chi connectivity index (χ1) is 18.5. The second-order valence-electron chi connectivity index (χ2n) is 9.79. The summed E-state index contributed by atoms with van der Waals surface area (Å²) < 4.78 is 48.4. The van der Waals surface area contributed by atoms with Gasteiger partial charge in [0.1, 0.15) is 22.6 Å². The summed E-state index contributed by atoms with van der Waals surface area (Å²) in [4.78, 5) is 14.5. The first-order valence-electron chi connectivity index (χ1n) is 12.5. The molecule has 1 aliphatic rings. The van der Waals surface area contributed by atoms with Gasteiger partial charge >= 0.3 is 0 Å². The number of aliphatic hydroxyl groups excluding tert-OH is 1. The monoisotopic (exact) mass is 551 g/mol. The van der Waals surface area contributed by atoms with E-state index in [9.17, 15) is 28.0 Å². The number of aliphatic hydroxyl groups is 1. The highest BCUT2D eigenvalue weighted by atomic mass is 32.2. The molecule has 1 amide bonds. The minimum atomic E-state index is -4.03. The molecule has 1 heterocycles. The third-order valence-corrected chi connectivity index (χ3v) is 8.90. The summed E-state index contributed by atoms with van der Waals surface area (Å²) in [6.07, 6.45) is -0.609. The van der Waals surface area contributed by atoms with Gasteiger partial charge in [0.25, 0.3) is 5.91 Å². The first-order valence-corrected chi connectivity index (χ1v) is 13.9. The Kier molecular flexibility index (Phi) is 8.35. The van der Waals surface area contributed by atoms with Crippen molar-refractivity contribution in [2.45, 2.75) is 30.9 Å². The number of halogens is 1. The van der Waals surface area contributed by atoms with E-state index in [4.69, 9.17) is 4.74 Å². The molecule has 3 aromatic carbocycles. The van der Waals surface area contributed by atoms with Gasteiger partial charge in [-0.15, -0.1) is 0 Å². The van der Waals surface area contributed by atoms with Gasteiger partial charge in [-0.25, -0.2) is 12.8 Å². The fraction of sp³-hybridized carbons (Fsp3) is 0.310. The van der Waals surface area contributed by atoms with Gasteiger partial charge in [-0.1, -0.05) is 25.1 Å². The van der Waals surface area contributed by atoms with E-state index in [-0.39, 0.29) is 42.2 Å². The van der Waals surface area contributed by atoms with E-state index in [1.54, 1.807) is 44.3 Å². The number of fused-ring (bicyclic) bond motifs is 1. The van der Waals surface area contributed by atoms with E-state index >= 15 is 0 Å². The fourth-order valence-electron chi connectivity index (χ4n) is 4.56. The van der Waals surface area contributed by atoms with Crippen molar-refractivity contribution in [1.82, 2.24) is 9.21 Å². The third kappa shape index (κ3) is 5.96. The van der Waals surface area contributed by atoms with E-state index < -0.39 is 28.0 Å². The van der Waals surface area contributed by atoms with Crippen molar-refractivity contribution in [2.24, 2.45) is 5.92 Å². The summed E-state index contributed by atoms with van der Waals surface area (Å²) in [5, 5.41) is 19.1. The SMILES string of the molecule is C[C@H](CO)N1C[C@H](C)[C@H](CN(C)C(=O)c2ccc(F)cc2)Oc2cc(-c3cccc(C#N)c3)ccc2S1(=O)=O. The molecule has 204 valence electrons. The fourth-order valence-corrected chi connectivity index (χ4v) is 6.38. The highest BCUT2D eigenvalue weighted by Crippen LogP contribution is 2.36. The highest BCUT2D eigenvalue weighted by Gasteiger charge is 2.38. The van der Waals surface area contributed by atoms with Gasteiger partial charge in [-0.2, -0.15) is 9.57 Å². The number of carbonyl (C=O) groups is 1. The van der Waals surface area contributed by atoms with Crippen molar-refractivity contribution < 1.29 is 27.4 Å². The largest absolute Gasteiger partial charge is 0.487 e. The number of hydrogen-bond acceptors (Lipinski definition) is 6. The Morgan fingerprint density at radius 1 is 1.18 bits per heavy atom. The van der Waals surface area contributed by atoms with Gasteiger partial charge in [-0.05, 0) is 66.6 Å².